The topological polar surface area (TPSA) is 37.4 Å². The summed E-state index contributed by atoms with van der Waals surface area (Å²) in [6, 6.07) is 2.59. The number of rotatable bonds is 4. The highest BCUT2D eigenvalue weighted by atomic mass is 35.5. The standard InChI is InChI=1S/C12H15ClF3NO2S/c1-8(7-13)17(3)20(18,19)11-6-4-5-10(9(11)2)12(14,15)16/h4-6,8H,7H2,1-3H3. The third kappa shape index (κ3) is 3.27. The zero-order chi connectivity index (χ0) is 15.7. The molecule has 0 N–H and O–H groups in total. The van der Waals surface area contributed by atoms with Crippen molar-refractivity contribution in [3.05, 3.63) is 29.3 Å². The number of alkyl halides is 4. The largest absolute Gasteiger partial charge is 0.416 e. The van der Waals surface area contributed by atoms with E-state index in [-0.39, 0.29) is 16.3 Å². The molecule has 0 aromatic heterocycles. The number of sulfonamides is 1. The van der Waals surface area contributed by atoms with Gasteiger partial charge in [0.25, 0.3) is 0 Å². The molecule has 0 aliphatic heterocycles. The molecule has 0 saturated heterocycles. The van der Waals surface area contributed by atoms with Crippen molar-refractivity contribution in [3.8, 4) is 0 Å². The lowest BCUT2D eigenvalue weighted by Gasteiger charge is -2.24. The molecule has 1 atom stereocenters. The molecule has 1 unspecified atom stereocenters. The number of hydrogen-bond acceptors (Lipinski definition) is 2. The van der Waals surface area contributed by atoms with Crippen molar-refractivity contribution in [1.82, 2.24) is 4.31 Å². The first-order chi connectivity index (χ1) is 9.03. The second-order valence-electron chi connectivity index (χ2n) is 4.45. The van der Waals surface area contributed by atoms with Crippen LogP contribution in [0.5, 0.6) is 0 Å². The van der Waals surface area contributed by atoms with Gasteiger partial charge in [0, 0.05) is 19.0 Å². The average Bonchev–Trinajstić information content (AvgIpc) is 2.35. The third-order valence-electron chi connectivity index (χ3n) is 3.09. The Bertz CT molecular complexity index is 587. The Morgan fingerprint density at radius 3 is 2.35 bits per heavy atom. The van der Waals surface area contributed by atoms with Crippen molar-refractivity contribution in [2.45, 2.75) is 31.0 Å². The maximum absolute atomic E-state index is 12.8. The molecule has 0 fully saturated rings. The zero-order valence-corrected chi connectivity index (χ0v) is 12.8. The van der Waals surface area contributed by atoms with Crippen LogP contribution in [0, 0.1) is 6.92 Å². The van der Waals surface area contributed by atoms with Crippen LogP contribution in [0.2, 0.25) is 0 Å². The minimum Gasteiger partial charge on any atom is -0.207 e. The maximum Gasteiger partial charge on any atom is 0.416 e. The highest BCUT2D eigenvalue weighted by molar-refractivity contribution is 7.89. The Labute approximate surface area is 121 Å². The molecule has 0 aliphatic rings. The minimum absolute atomic E-state index is 0.0493. The number of nitrogens with zero attached hydrogens (tertiary/aromatic N) is 1. The summed E-state index contributed by atoms with van der Waals surface area (Å²) in [5, 5.41) is 0. The summed E-state index contributed by atoms with van der Waals surface area (Å²) in [6.07, 6.45) is -4.59. The molecule has 20 heavy (non-hydrogen) atoms. The molecule has 0 heterocycles. The van der Waals surface area contributed by atoms with E-state index in [9.17, 15) is 21.6 Å². The predicted molar refractivity (Wildman–Crippen MR) is 71.3 cm³/mol. The maximum atomic E-state index is 12.8. The predicted octanol–water partition coefficient (Wildman–Crippen LogP) is 3.26. The first kappa shape index (κ1) is 17.3. The van der Waals surface area contributed by atoms with Crippen LogP contribution in [0.15, 0.2) is 23.1 Å². The quantitative estimate of drug-likeness (QED) is 0.795. The number of halogens is 4. The van der Waals surface area contributed by atoms with Crippen molar-refractivity contribution >= 4 is 21.6 Å². The molecule has 0 bridgehead atoms. The smallest absolute Gasteiger partial charge is 0.207 e. The van der Waals surface area contributed by atoms with E-state index in [0.717, 1.165) is 29.4 Å². The third-order valence-corrected chi connectivity index (χ3v) is 5.65. The summed E-state index contributed by atoms with van der Waals surface area (Å²) in [6.45, 7) is 2.72. The van der Waals surface area contributed by atoms with Crippen molar-refractivity contribution in [3.63, 3.8) is 0 Å². The molecule has 0 radical (unpaired) electrons. The molecular weight excluding hydrogens is 315 g/mol. The lowest BCUT2D eigenvalue weighted by Crippen LogP contribution is -2.36. The van der Waals surface area contributed by atoms with Crippen LogP contribution in [-0.4, -0.2) is 31.7 Å². The average molecular weight is 330 g/mol. The van der Waals surface area contributed by atoms with E-state index in [4.69, 9.17) is 11.6 Å². The second kappa shape index (κ2) is 5.91. The van der Waals surface area contributed by atoms with Gasteiger partial charge in [0.05, 0.1) is 10.5 Å². The Kier molecular flexibility index (Phi) is 5.10. The lowest BCUT2D eigenvalue weighted by molar-refractivity contribution is -0.138. The van der Waals surface area contributed by atoms with Crippen LogP contribution in [0.4, 0.5) is 13.2 Å². The normalized spacial score (nSPS) is 14.6. The molecule has 1 rings (SSSR count). The van der Waals surface area contributed by atoms with Gasteiger partial charge in [-0.1, -0.05) is 6.07 Å². The molecule has 0 saturated carbocycles. The van der Waals surface area contributed by atoms with Gasteiger partial charge < -0.3 is 0 Å². The second-order valence-corrected chi connectivity index (χ2v) is 6.73. The van der Waals surface area contributed by atoms with Crippen LogP contribution in [-0.2, 0) is 16.2 Å². The minimum atomic E-state index is -4.59. The molecule has 0 amide bonds. The summed E-state index contributed by atoms with van der Waals surface area (Å²) in [4.78, 5) is -0.355. The van der Waals surface area contributed by atoms with Gasteiger partial charge in [-0.15, -0.1) is 11.6 Å². The van der Waals surface area contributed by atoms with Crippen molar-refractivity contribution in [2.24, 2.45) is 0 Å². The van der Waals surface area contributed by atoms with Gasteiger partial charge in [-0.2, -0.15) is 17.5 Å². The van der Waals surface area contributed by atoms with Gasteiger partial charge >= 0.3 is 6.18 Å². The molecule has 114 valence electrons. The van der Waals surface area contributed by atoms with E-state index in [1.54, 1.807) is 6.92 Å². The molecule has 3 nitrogen and oxygen atoms in total. The fourth-order valence-electron chi connectivity index (χ4n) is 1.69. The molecule has 0 spiro atoms. The van der Waals surface area contributed by atoms with Crippen LogP contribution in [0.1, 0.15) is 18.1 Å². The molecular formula is C12H15ClF3NO2S. The first-order valence-corrected chi connectivity index (χ1v) is 7.71. The molecule has 1 aromatic carbocycles. The fraction of sp³-hybridized carbons (Fsp3) is 0.500. The summed E-state index contributed by atoms with van der Waals surface area (Å²) in [5.41, 5.74) is -1.26. The van der Waals surface area contributed by atoms with Crippen molar-refractivity contribution < 1.29 is 21.6 Å². The van der Waals surface area contributed by atoms with Gasteiger partial charge in [0.15, 0.2) is 0 Å². The van der Waals surface area contributed by atoms with E-state index >= 15 is 0 Å². The van der Waals surface area contributed by atoms with Crippen LogP contribution >= 0.6 is 11.6 Å². The summed E-state index contributed by atoms with van der Waals surface area (Å²) in [5.74, 6) is 0.0493. The van der Waals surface area contributed by atoms with Crippen LogP contribution in [0.3, 0.4) is 0 Å². The van der Waals surface area contributed by atoms with Crippen molar-refractivity contribution in [2.75, 3.05) is 12.9 Å². The fourth-order valence-corrected chi connectivity index (χ4v) is 3.59. The van der Waals surface area contributed by atoms with Gasteiger partial charge in [0.1, 0.15) is 0 Å². The highest BCUT2D eigenvalue weighted by Crippen LogP contribution is 2.34. The van der Waals surface area contributed by atoms with E-state index in [1.165, 1.54) is 7.05 Å². The Hall–Kier alpha value is -0.790. The van der Waals surface area contributed by atoms with Gasteiger partial charge in [0.2, 0.25) is 10.0 Å². The van der Waals surface area contributed by atoms with Gasteiger partial charge in [-0.05, 0) is 31.5 Å². The molecule has 0 aliphatic carbocycles. The summed E-state index contributed by atoms with van der Waals surface area (Å²) in [7, 11) is -2.72. The monoisotopic (exact) mass is 329 g/mol. The van der Waals surface area contributed by atoms with E-state index < -0.39 is 27.8 Å². The lowest BCUT2D eigenvalue weighted by atomic mass is 10.1. The summed E-state index contributed by atoms with van der Waals surface area (Å²) >= 11 is 5.60. The number of benzene rings is 1. The van der Waals surface area contributed by atoms with Gasteiger partial charge in [-0.3, -0.25) is 0 Å². The van der Waals surface area contributed by atoms with Crippen LogP contribution in [0.25, 0.3) is 0 Å². The first-order valence-electron chi connectivity index (χ1n) is 5.74. The molecule has 1 aromatic rings. The molecule has 8 heteroatoms. The van der Waals surface area contributed by atoms with Crippen molar-refractivity contribution in [1.29, 1.82) is 0 Å². The van der Waals surface area contributed by atoms with E-state index in [0.29, 0.717) is 0 Å². The van der Waals surface area contributed by atoms with E-state index in [1.807, 2.05) is 0 Å². The Balaban J connectivity index is 3.41. The Morgan fingerprint density at radius 2 is 1.90 bits per heavy atom. The van der Waals surface area contributed by atoms with E-state index in [2.05, 4.69) is 0 Å². The highest BCUT2D eigenvalue weighted by Gasteiger charge is 2.35. The van der Waals surface area contributed by atoms with Crippen LogP contribution < -0.4 is 0 Å². The van der Waals surface area contributed by atoms with Gasteiger partial charge in [-0.25, -0.2) is 8.42 Å². The zero-order valence-electron chi connectivity index (χ0n) is 11.2. The Morgan fingerprint density at radius 1 is 1.35 bits per heavy atom. The summed E-state index contributed by atoms with van der Waals surface area (Å²) < 4.78 is 64.1. The number of hydrogen-bond donors (Lipinski definition) is 0. The SMILES string of the molecule is Cc1c(C(F)(F)F)cccc1S(=O)(=O)N(C)C(C)CCl.